The molecular formula is C13H22F3N3O5S. The average molecular weight is 389 g/mol. The number of ether oxygens (including phenoxy) is 1. The minimum atomic E-state index is -3.91. The van der Waals surface area contributed by atoms with Gasteiger partial charge in [-0.3, -0.25) is 23.7 Å². The van der Waals surface area contributed by atoms with Crippen LogP contribution in [-0.2, 0) is 17.6 Å². The third kappa shape index (κ3) is 4.50. The Balaban J connectivity index is 0.00000151. The molecule has 0 fully saturated rings. The van der Waals surface area contributed by atoms with E-state index in [9.17, 15) is 27.1 Å². The van der Waals surface area contributed by atoms with Crippen molar-refractivity contribution in [3.63, 3.8) is 0 Å². The lowest BCUT2D eigenvalue weighted by atomic mass is 10.1. The van der Waals surface area contributed by atoms with Crippen molar-refractivity contribution in [2.45, 2.75) is 51.8 Å². The van der Waals surface area contributed by atoms with Gasteiger partial charge in [0.05, 0.1) is 11.3 Å². The summed E-state index contributed by atoms with van der Waals surface area (Å²) >= 11 is 0. The van der Waals surface area contributed by atoms with Crippen LogP contribution in [0.5, 0.6) is 5.88 Å². The number of aromatic nitrogens is 2. The molecule has 1 aromatic heterocycles. The third-order valence-electron chi connectivity index (χ3n) is 3.19. The third-order valence-corrected chi connectivity index (χ3v) is 4.83. The highest BCUT2D eigenvalue weighted by molar-refractivity contribution is 8.36. The maximum absolute atomic E-state index is 14.2. The van der Waals surface area contributed by atoms with Crippen molar-refractivity contribution in [2.75, 3.05) is 0 Å². The molecule has 0 saturated heterocycles. The normalized spacial score (nSPS) is 19.8. The number of rotatable bonds is 4. The van der Waals surface area contributed by atoms with E-state index in [2.05, 4.69) is 15.0 Å². The van der Waals surface area contributed by atoms with Gasteiger partial charge in [0.1, 0.15) is 0 Å². The lowest BCUT2D eigenvalue weighted by molar-refractivity contribution is -0.0558. The number of aryl methyl sites for hydroxylation is 1. The van der Waals surface area contributed by atoms with Gasteiger partial charge in [0.15, 0.2) is 5.60 Å². The molecule has 25 heavy (non-hydrogen) atoms. The molecule has 3 N–H and O–H groups in total. The number of nitrogens with one attached hydrogen (secondary N) is 1. The van der Waals surface area contributed by atoms with E-state index in [-0.39, 0.29) is 0 Å². The number of hydrogen-bond acceptors (Lipinski definition) is 6. The van der Waals surface area contributed by atoms with E-state index in [1.807, 2.05) is 13.8 Å². The largest absolute Gasteiger partial charge is 0.417 e. The summed E-state index contributed by atoms with van der Waals surface area (Å²) in [5, 5.41) is 4.81. The van der Waals surface area contributed by atoms with Crippen LogP contribution in [0.4, 0.5) is 13.2 Å². The maximum Gasteiger partial charge on any atom is 0.388 e. The zero-order valence-corrected chi connectivity index (χ0v) is 15.2. The highest BCUT2D eigenvalue weighted by Crippen LogP contribution is 2.50. The first-order chi connectivity index (χ1) is 11.5. The van der Waals surface area contributed by atoms with Crippen molar-refractivity contribution in [1.82, 2.24) is 9.78 Å². The van der Waals surface area contributed by atoms with Crippen LogP contribution in [0.25, 0.3) is 0 Å². The van der Waals surface area contributed by atoms with Gasteiger partial charge in [-0.15, -0.1) is 10.6 Å². The monoisotopic (exact) mass is 389 g/mol. The minimum Gasteiger partial charge on any atom is -0.417 e. The summed E-state index contributed by atoms with van der Waals surface area (Å²) in [6.45, 7) is 3.48. The summed E-state index contributed by atoms with van der Waals surface area (Å²) in [5.41, 5.74) is -2.71. The highest BCUT2D eigenvalue weighted by atomic mass is 32.3. The lowest BCUT2D eigenvalue weighted by Gasteiger charge is -2.32. The zero-order valence-electron chi connectivity index (χ0n) is 14.4. The summed E-state index contributed by atoms with van der Waals surface area (Å²) in [5.74, 6) is -1.40. The van der Waals surface area contributed by atoms with Gasteiger partial charge in [0, 0.05) is 7.05 Å². The summed E-state index contributed by atoms with van der Waals surface area (Å²) in [6, 6.07) is 0. The molecule has 1 aromatic rings. The van der Waals surface area contributed by atoms with E-state index >= 15 is 0 Å². The molecule has 2 heterocycles. The lowest BCUT2D eigenvalue weighted by Crippen LogP contribution is -2.36. The summed E-state index contributed by atoms with van der Waals surface area (Å²) in [4.78, 5) is 16.6. The summed E-state index contributed by atoms with van der Waals surface area (Å²) in [7, 11) is -2.68. The number of alkyl halides is 3. The van der Waals surface area contributed by atoms with Gasteiger partial charge in [-0.05, 0) is 13.8 Å². The molecule has 1 atom stereocenters. The Bertz CT molecular complexity index is 687. The van der Waals surface area contributed by atoms with Gasteiger partial charge in [-0.1, -0.05) is 19.0 Å². The molecule has 0 bridgehead atoms. The molecule has 8 nitrogen and oxygen atoms in total. The van der Waals surface area contributed by atoms with Crippen LogP contribution < -0.4 is 10.3 Å². The second-order valence-electron chi connectivity index (χ2n) is 5.46. The van der Waals surface area contributed by atoms with Gasteiger partial charge in [0.25, 0.3) is 5.56 Å². The molecular weight excluding hydrogens is 367 g/mol. The predicted octanol–water partition coefficient (Wildman–Crippen LogP) is 3.05. The van der Waals surface area contributed by atoms with Gasteiger partial charge in [-0.25, -0.2) is 4.39 Å². The van der Waals surface area contributed by atoms with E-state index in [0.717, 1.165) is 4.68 Å². The van der Waals surface area contributed by atoms with Crippen LogP contribution in [0.2, 0.25) is 0 Å². The Morgan fingerprint density at radius 1 is 1.44 bits per heavy atom. The summed E-state index contributed by atoms with van der Waals surface area (Å²) < 4.78 is 64.4. The molecule has 0 amide bonds. The molecule has 2 rings (SSSR count). The van der Waals surface area contributed by atoms with Crippen LogP contribution in [-0.4, -0.2) is 42.3 Å². The van der Waals surface area contributed by atoms with E-state index in [1.165, 1.54) is 20.9 Å². The van der Waals surface area contributed by atoms with Gasteiger partial charge >= 0.3 is 6.61 Å². The number of oxime groups is 1. The minimum absolute atomic E-state index is 0.451. The van der Waals surface area contributed by atoms with Crippen molar-refractivity contribution in [3.05, 3.63) is 15.9 Å². The van der Waals surface area contributed by atoms with E-state index in [0.29, 0.717) is 0 Å². The average Bonchev–Trinajstić information content (AvgIpc) is 2.91. The zero-order chi connectivity index (χ0) is 19.6. The van der Waals surface area contributed by atoms with Crippen LogP contribution in [0, 0.1) is 0 Å². The molecule has 12 heteroatoms. The highest BCUT2D eigenvalue weighted by Gasteiger charge is 2.48. The quantitative estimate of drug-likeness (QED) is 0.733. The topological polar surface area (TPSA) is 109 Å². The smallest absolute Gasteiger partial charge is 0.388 e. The standard InChI is InChI=1S/C11H16F3N3O5S.C2H6/c1-11(2)6(12)8(16-22-11)23(19,20)4-5-7(18)15-17(3)9(5)21-10(13)14;1-2/h6,10,19-20H,4H2,1-3H3,(H,15,18);1-2H3. The maximum atomic E-state index is 14.2. The van der Waals surface area contributed by atoms with Crippen LogP contribution in [0.15, 0.2) is 9.95 Å². The molecule has 146 valence electrons. The Morgan fingerprint density at radius 3 is 2.44 bits per heavy atom. The molecule has 1 unspecified atom stereocenters. The van der Waals surface area contributed by atoms with E-state index in [4.69, 9.17) is 4.84 Å². The van der Waals surface area contributed by atoms with Gasteiger partial charge < -0.3 is 9.57 Å². The number of nitrogens with zero attached hydrogens (tertiary/aromatic N) is 2. The molecule has 0 saturated carbocycles. The number of H-pyrrole nitrogens is 1. The second-order valence-corrected chi connectivity index (χ2v) is 7.50. The van der Waals surface area contributed by atoms with Crippen LogP contribution in [0.1, 0.15) is 33.3 Å². The van der Waals surface area contributed by atoms with Gasteiger partial charge in [-0.2, -0.15) is 8.78 Å². The second kappa shape index (κ2) is 7.70. The van der Waals surface area contributed by atoms with Gasteiger partial charge in [0.2, 0.25) is 17.1 Å². The van der Waals surface area contributed by atoms with E-state index < -0.39 is 56.8 Å². The SMILES string of the molecule is CC.Cn1[nH]c(=O)c(CS(O)(O)C2=NOC(C)(C)C2F)c1OC(F)F. The first-order valence-corrected chi connectivity index (χ1v) is 9.06. The van der Waals surface area contributed by atoms with Crippen molar-refractivity contribution in [2.24, 2.45) is 12.2 Å². The Labute approximate surface area is 143 Å². The Morgan fingerprint density at radius 2 is 2.00 bits per heavy atom. The number of aromatic amines is 1. The van der Waals surface area contributed by atoms with Crippen molar-refractivity contribution < 1.29 is 31.9 Å². The first-order valence-electron chi connectivity index (χ1n) is 7.34. The van der Waals surface area contributed by atoms with Crippen molar-refractivity contribution >= 4 is 15.6 Å². The summed E-state index contributed by atoms with van der Waals surface area (Å²) in [6.07, 6.45) is -1.92. The van der Waals surface area contributed by atoms with Crippen molar-refractivity contribution in [1.29, 1.82) is 0 Å². The molecule has 0 radical (unpaired) electrons. The molecule has 1 aliphatic rings. The van der Waals surface area contributed by atoms with Crippen molar-refractivity contribution in [3.8, 4) is 5.88 Å². The number of halogens is 3. The molecule has 0 spiro atoms. The molecule has 1 aliphatic heterocycles. The fourth-order valence-electron chi connectivity index (χ4n) is 1.99. The fraction of sp³-hybridized carbons (Fsp3) is 0.692. The Hall–Kier alpha value is -1.66. The van der Waals surface area contributed by atoms with Crippen LogP contribution in [0.3, 0.4) is 0 Å². The molecule has 0 aliphatic carbocycles. The van der Waals surface area contributed by atoms with E-state index in [1.54, 1.807) is 0 Å². The Kier molecular flexibility index (Phi) is 6.59. The fourth-order valence-corrected chi connectivity index (χ4v) is 3.56. The number of hydrogen-bond donors (Lipinski definition) is 3. The first kappa shape index (κ1) is 21.4. The molecule has 0 aromatic carbocycles. The van der Waals surface area contributed by atoms with Crippen LogP contribution >= 0.6 is 10.6 Å². The predicted molar refractivity (Wildman–Crippen MR) is 88.1 cm³/mol.